The van der Waals surface area contributed by atoms with Crippen LogP contribution in [0.5, 0.6) is 5.75 Å². The monoisotopic (exact) mass is 414 g/mol. The Morgan fingerprint density at radius 3 is 2.62 bits per heavy atom. The minimum Gasteiger partial charge on any atom is -0.492 e. The molecule has 0 saturated heterocycles. The number of carbonyl (C=O) groups is 1. The third-order valence-corrected chi connectivity index (χ3v) is 4.70. The summed E-state index contributed by atoms with van der Waals surface area (Å²) >= 11 is 11.9. The molecule has 26 heavy (non-hydrogen) atoms. The van der Waals surface area contributed by atoms with Crippen molar-refractivity contribution in [3.05, 3.63) is 58.1 Å². The molecule has 2 aromatic carbocycles. The first-order valence-corrected chi connectivity index (χ1v) is 9.74. The van der Waals surface area contributed by atoms with E-state index >= 15 is 0 Å². The van der Waals surface area contributed by atoms with E-state index in [-0.39, 0.29) is 22.9 Å². The highest BCUT2D eigenvalue weighted by Gasteiger charge is 2.16. The lowest BCUT2D eigenvalue weighted by molar-refractivity contribution is -0.111. The number of nitrogens with two attached hydrogens (primary N) is 1. The predicted molar refractivity (Wildman–Crippen MR) is 103 cm³/mol. The Bertz CT molecular complexity index is 959. The van der Waals surface area contributed by atoms with E-state index in [1.54, 1.807) is 25.1 Å². The molecular weight excluding hydrogens is 399 g/mol. The van der Waals surface area contributed by atoms with Gasteiger partial charge < -0.3 is 10.1 Å². The Hall–Kier alpha value is -2.06. The van der Waals surface area contributed by atoms with Gasteiger partial charge in [-0.3, -0.25) is 4.79 Å². The van der Waals surface area contributed by atoms with Crippen LogP contribution in [0.1, 0.15) is 12.5 Å². The van der Waals surface area contributed by atoms with E-state index in [9.17, 15) is 13.2 Å². The molecule has 138 valence electrons. The van der Waals surface area contributed by atoms with Crippen molar-refractivity contribution >= 4 is 50.9 Å². The second-order valence-corrected chi connectivity index (χ2v) is 7.50. The molecule has 0 aliphatic heterocycles. The van der Waals surface area contributed by atoms with Crippen molar-refractivity contribution in [2.24, 2.45) is 5.14 Å². The van der Waals surface area contributed by atoms with Gasteiger partial charge in [0.1, 0.15) is 10.6 Å². The van der Waals surface area contributed by atoms with E-state index in [1.807, 2.05) is 0 Å². The maximum absolute atomic E-state index is 12.1. The van der Waals surface area contributed by atoms with Crippen LogP contribution < -0.4 is 15.2 Å². The fraction of sp³-hybridized carbons (Fsp3) is 0.118. The fourth-order valence-corrected chi connectivity index (χ4v) is 3.13. The SMILES string of the molecule is CCOc1ccc(NC(=O)C=Cc2cc(Cl)ccc2Cl)cc1S(N)(=O)=O. The van der Waals surface area contributed by atoms with Gasteiger partial charge in [0.05, 0.1) is 6.61 Å². The normalized spacial score (nSPS) is 11.5. The Morgan fingerprint density at radius 1 is 1.23 bits per heavy atom. The molecule has 3 N–H and O–H groups in total. The van der Waals surface area contributed by atoms with E-state index in [1.165, 1.54) is 30.4 Å². The summed E-state index contributed by atoms with van der Waals surface area (Å²) < 4.78 is 28.6. The number of nitrogens with one attached hydrogen (secondary N) is 1. The lowest BCUT2D eigenvalue weighted by Gasteiger charge is -2.10. The highest BCUT2D eigenvalue weighted by molar-refractivity contribution is 7.89. The first-order valence-electron chi connectivity index (χ1n) is 7.44. The number of ether oxygens (including phenoxy) is 1. The van der Waals surface area contributed by atoms with Gasteiger partial charge in [0.25, 0.3) is 0 Å². The summed E-state index contributed by atoms with van der Waals surface area (Å²) in [7, 11) is -4.01. The van der Waals surface area contributed by atoms with Crippen LogP contribution in [-0.4, -0.2) is 20.9 Å². The van der Waals surface area contributed by atoms with Gasteiger partial charge >= 0.3 is 0 Å². The molecule has 0 spiro atoms. The van der Waals surface area contributed by atoms with E-state index in [0.29, 0.717) is 15.6 Å². The van der Waals surface area contributed by atoms with Gasteiger partial charge in [-0.2, -0.15) is 0 Å². The van der Waals surface area contributed by atoms with Crippen LogP contribution in [-0.2, 0) is 14.8 Å². The number of halogens is 2. The highest BCUT2D eigenvalue weighted by atomic mass is 35.5. The van der Waals surface area contributed by atoms with Gasteiger partial charge in [0.15, 0.2) is 0 Å². The summed E-state index contributed by atoms with van der Waals surface area (Å²) in [6, 6.07) is 9.04. The van der Waals surface area contributed by atoms with E-state index in [0.717, 1.165) is 0 Å². The van der Waals surface area contributed by atoms with Crippen LogP contribution in [0.25, 0.3) is 6.08 Å². The Labute approximate surface area is 161 Å². The highest BCUT2D eigenvalue weighted by Crippen LogP contribution is 2.27. The lowest BCUT2D eigenvalue weighted by atomic mass is 10.2. The maximum Gasteiger partial charge on any atom is 0.248 e. The summed E-state index contributed by atoms with van der Waals surface area (Å²) in [6.07, 6.45) is 2.75. The summed E-state index contributed by atoms with van der Waals surface area (Å²) in [5, 5.41) is 8.67. The van der Waals surface area contributed by atoms with Gasteiger partial charge in [0.2, 0.25) is 15.9 Å². The van der Waals surface area contributed by atoms with Crippen LogP contribution >= 0.6 is 23.2 Å². The van der Waals surface area contributed by atoms with Crippen LogP contribution in [0, 0.1) is 0 Å². The molecule has 0 aliphatic carbocycles. The molecule has 0 unspecified atom stereocenters. The molecule has 2 rings (SSSR count). The topological polar surface area (TPSA) is 98.5 Å². The van der Waals surface area contributed by atoms with Crippen LogP contribution in [0.15, 0.2) is 47.4 Å². The number of anilines is 1. The summed E-state index contributed by atoms with van der Waals surface area (Å²) in [5.74, 6) is -0.361. The van der Waals surface area contributed by atoms with Gasteiger partial charge in [-0.05, 0) is 55.0 Å². The molecule has 6 nitrogen and oxygen atoms in total. The lowest BCUT2D eigenvalue weighted by Crippen LogP contribution is -2.15. The van der Waals surface area contributed by atoms with Gasteiger partial charge in [-0.15, -0.1) is 0 Å². The van der Waals surface area contributed by atoms with E-state index in [4.69, 9.17) is 33.1 Å². The molecule has 0 aliphatic rings. The average molecular weight is 415 g/mol. The fourth-order valence-electron chi connectivity index (χ4n) is 2.07. The Morgan fingerprint density at radius 2 is 1.96 bits per heavy atom. The second kappa shape index (κ2) is 8.55. The first kappa shape index (κ1) is 20.3. The minimum atomic E-state index is -4.01. The van der Waals surface area contributed by atoms with Gasteiger partial charge in [-0.1, -0.05) is 23.2 Å². The number of hydrogen-bond acceptors (Lipinski definition) is 4. The number of amides is 1. The number of primary sulfonamides is 1. The number of sulfonamides is 1. The third-order valence-electron chi connectivity index (χ3n) is 3.19. The first-order chi connectivity index (χ1) is 12.2. The number of rotatable bonds is 6. The summed E-state index contributed by atoms with van der Waals surface area (Å²) in [5.41, 5.74) is 0.829. The number of benzene rings is 2. The quantitative estimate of drug-likeness (QED) is 0.703. The maximum atomic E-state index is 12.1. The van der Waals surface area contributed by atoms with Crippen molar-refractivity contribution in [1.29, 1.82) is 0 Å². The Kier molecular flexibility index (Phi) is 6.66. The van der Waals surface area contributed by atoms with Gasteiger partial charge in [0, 0.05) is 21.8 Å². The molecule has 0 heterocycles. The second-order valence-electron chi connectivity index (χ2n) is 5.13. The zero-order valence-corrected chi connectivity index (χ0v) is 16.0. The smallest absolute Gasteiger partial charge is 0.248 e. The van der Waals surface area contributed by atoms with Crippen LogP contribution in [0.4, 0.5) is 5.69 Å². The molecular formula is C17H16Cl2N2O4S. The van der Waals surface area contributed by atoms with Gasteiger partial charge in [-0.25, -0.2) is 13.6 Å². The van der Waals surface area contributed by atoms with Crippen molar-refractivity contribution in [3.8, 4) is 5.75 Å². The molecule has 0 atom stereocenters. The Balaban J connectivity index is 2.21. The molecule has 0 saturated carbocycles. The molecule has 2 aromatic rings. The number of carbonyl (C=O) groups excluding carboxylic acids is 1. The molecule has 0 aromatic heterocycles. The van der Waals surface area contributed by atoms with Crippen LogP contribution in [0.2, 0.25) is 10.0 Å². The molecule has 0 radical (unpaired) electrons. The molecule has 0 fully saturated rings. The largest absolute Gasteiger partial charge is 0.492 e. The standard InChI is InChI=1S/C17H16Cl2N2O4S/c1-2-25-15-7-5-13(10-16(15)26(20,23)24)21-17(22)8-3-11-9-12(18)4-6-14(11)19/h3-10H,2H2,1H3,(H,21,22)(H2,20,23,24). The molecule has 1 amide bonds. The summed E-state index contributed by atoms with van der Waals surface area (Å²) in [6.45, 7) is 1.99. The van der Waals surface area contributed by atoms with E-state index < -0.39 is 15.9 Å². The van der Waals surface area contributed by atoms with Crippen molar-refractivity contribution in [1.82, 2.24) is 0 Å². The average Bonchev–Trinajstić information content (AvgIpc) is 2.56. The van der Waals surface area contributed by atoms with Crippen LogP contribution in [0.3, 0.4) is 0 Å². The number of hydrogen-bond donors (Lipinski definition) is 2. The minimum absolute atomic E-state index is 0.120. The molecule has 0 bridgehead atoms. The predicted octanol–water partition coefficient (Wildman–Crippen LogP) is 3.69. The van der Waals surface area contributed by atoms with Crippen molar-refractivity contribution in [2.75, 3.05) is 11.9 Å². The van der Waals surface area contributed by atoms with Crippen molar-refractivity contribution in [2.45, 2.75) is 11.8 Å². The zero-order valence-electron chi connectivity index (χ0n) is 13.7. The zero-order chi connectivity index (χ0) is 19.3. The summed E-state index contributed by atoms with van der Waals surface area (Å²) in [4.78, 5) is 11.9. The van der Waals surface area contributed by atoms with Crippen molar-refractivity contribution in [3.63, 3.8) is 0 Å². The molecule has 9 heteroatoms. The van der Waals surface area contributed by atoms with Crippen molar-refractivity contribution < 1.29 is 17.9 Å². The third kappa shape index (κ3) is 5.47. The van der Waals surface area contributed by atoms with E-state index in [2.05, 4.69) is 5.32 Å².